The topological polar surface area (TPSA) is 6.48 Å². The third-order valence-corrected chi connectivity index (χ3v) is 5.44. The largest absolute Gasteiger partial charge is 0.303 e. The maximum absolute atomic E-state index is 2.73. The van der Waals surface area contributed by atoms with Crippen molar-refractivity contribution in [1.29, 1.82) is 0 Å². The van der Waals surface area contributed by atoms with Gasteiger partial charge in [0.1, 0.15) is 0 Å². The summed E-state index contributed by atoms with van der Waals surface area (Å²) in [4.78, 5) is 5.41. The van der Waals surface area contributed by atoms with E-state index in [1.807, 2.05) is 0 Å². The van der Waals surface area contributed by atoms with E-state index in [1.54, 1.807) is 0 Å². The van der Waals surface area contributed by atoms with Gasteiger partial charge in [0.25, 0.3) is 0 Å². The lowest BCUT2D eigenvalue weighted by molar-refractivity contribution is 0.199. The molecule has 2 nitrogen and oxygen atoms in total. The Hall–Kier alpha value is -0.860. The van der Waals surface area contributed by atoms with Crippen LogP contribution in [0, 0.1) is 5.92 Å². The van der Waals surface area contributed by atoms with Gasteiger partial charge in [0.15, 0.2) is 0 Å². The molecule has 1 aliphatic rings. The molecule has 2 rings (SSSR count). The van der Waals surface area contributed by atoms with Crippen molar-refractivity contribution in [3.63, 3.8) is 0 Å². The molecule has 0 unspecified atom stereocenters. The van der Waals surface area contributed by atoms with Crippen LogP contribution < -0.4 is 0 Å². The highest BCUT2D eigenvalue weighted by Gasteiger charge is 2.11. The van der Waals surface area contributed by atoms with E-state index in [-0.39, 0.29) is 0 Å². The van der Waals surface area contributed by atoms with Gasteiger partial charge in [-0.05, 0) is 95.7 Å². The molecule has 1 heterocycles. The monoisotopic (exact) mass is 344 g/mol. The van der Waals surface area contributed by atoms with E-state index in [1.165, 1.54) is 96.2 Å². The zero-order valence-corrected chi connectivity index (χ0v) is 16.8. The van der Waals surface area contributed by atoms with Crippen molar-refractivity contribution in [3.8, 4) is 0 Å². The van der Waals surface area contributed by atoms with Gasteiger partial charge >= 0.3 is 0 Å². The average Bonchev–Trinajstić information content (AvgIpc) is 2.63. The van der Waals surface area contributed by atoms with Gasteiger partial charge in [-0.25, -0.2) is 0 Å². The number of hydrogen-bond acceptors (Lipinski definition) is 2. The van der Waals surface area contributed by atoms with Gasteiger partial charge < -0.3 is 9.80 Å². The van der Waals surface area contributed by atoms with Crippen molar-refractivity contribution in [1.82, 2.24) is 9.80 Å². The van der Waals surface area contributed by atoms with E-state index in [9.17, 15) is 0 Å². The number of benzene rings is 1. The van der Waals surface area contributed by atoms with Crippen LogP contribution in [0.2, 0.25) is 0 Å². The molecule has 0 aliphatic carbocycles. The molecule has 0 atom stereocenters. The number of hydrogen-bond donors (Lipinski definition) is 0. The van der Waals surface area contributed by atoms with E-state index in [0.29, 0.717) is 0 Å². The third kappa shape index (κ3) is 9.42. The van der Waals surface area contributed by atoms with Crippen LogP contribution in [0.4, 0.5) is 0 Å². The fourth-order valence-corrected chi connectivity index (χ4v) is 3.91. The second kappa shape index (κ2) is 12.5. The minimum atomic E-state index is 0.833. The summed E-state index contributed by atoms with van der Waals surface area (Å²) in [6.07, 6.45) is 10.8. The first-order chi connectivity index (χ1) is 12.2. The Bertz CT molecular complexity index is 423. The van der Waals surface area contributed by atoms with Crippen LogP contribution in [0.3, 0.4) is 0 Å². The second-order valence-electron chi connectivity index (χ2n) is 8.22. The molecule has 0 aromatic heterocycles. The summed E-state index contributed by atoms with van der Waals surface area (Å²) >= 11 is 0. The van der Waals surface area contributed by atoms with Gasteiger partial charge in [0.2, 0.25) is 0 Å². The Kier molecular flexibility index (Phi) is 10.2. The fraction of sp³-hybridized carbons (Fsp3) is 0.739. The number of aryl methyl sites for hydroxylation is 1. The standard InChI is InChI=1S/C23H40N2/c1-22(2)12-9-18-25(19-10-15-23-13-5-3-6-14-23)21-11-20-24-16-7-4-8-17-24/h3,5-6,13-14,22H,4,7-12,15-21H2,1-2H3. The van der Waals surface area contributed by atoms with Crippen LogP contribution in [0.5, 0.6) is 0 Å². The summed E-state index contributed by atoms with van der Waals surface area (Å²) in [6.45, 7) is 12.5. The van der Waals surface area contributed by atoms with Gasteiger partial charge in [-0.2, -0.15) is 0 Å². The summed E-state index contributed by atoms with van der Waals surface area (Å²) in [5, 5.41) is 0. The molecule has 0 saturated carbocycles. The normalized spacial score (nSPS) is 16.0. The van der Waals surface area contributed by atoms with Crippen molar-refractivity contribution >= 4 is 0 Å². The predicted octanol–water partition coefficient (Wildman–Crippen LogP) is 5.23. The van der Waals surface area contributed by atoms with Crippen LogP contribution in [0.15, 0.2) is 30.3 Å². The van der Waals surface area contributed by atoms with Gasteiger partial charge in [0, 0.05) is 0 Å². The zero-order chi connectivity index (χ0) is 17.7. The molecule has 1 saturated heterocycles. The summed E-state index contributed by atoms with van der Waals surface area (Å²) in [5.41, 5.74) is 1.48. The van der Waals surface area contributed by atoms with Crippen LogP contribution in [0.1, 0.15) is 64.4 Å². The van der Waals surface area contributed by atoms with E-state index in [0.717, 1.165) is 5.92 Å². The van der Waals surface area contributed by atoms with Crippen LogP contribution >= 0.6 is 0 Å². The molecule has 0 N–H and O–H groups in total. The van der Waals surface area contributed by atoms with Crippen molar-refractivity contribution in [3.05, 3.63) is 35.9 Å². The van der Waals surface area contributed by atoms with Crippen LogP contribution in [-0.2, 0) is 6.42 Å². The minimum absolute atomic E-state index is 0.833. The average molecular weight is 345 g/mol. The summed E-state index contributed by atoms with van der Waals surface area (Å²) in [5.74, 6) is 0.833. The predicted molar refractivity (Wildman–Crippen MR) is 110 cm³/mol. The molecule has 0 spiro atoms. The van der Waals surface area contributed by atoms with Gasteiger partial charge in [-0.15, -0.1) is 0 Å². The Morgan fingerprint density at radius 1 is 0.880 bits per heavy atom. The summed E-state index contributed by atoms with van der Waals surface area (Å²) in [7, 11) is 0. The Labute approximate surface area is 156 Å². The molecule has 1 aliphatic heterocycles. The minimum Gasteiger partial charge on any atom is -0.303 e. The van der Waals surface area contributed by atoms with Crippen molar-refractivity contribution in [2.45, 2.75) is 65.2 Å². The highest BCUT2D eigenvalue weighted by molar-refractivity contribution is 5.14. The number of likely N-dealkylation sites (tertiary alicyclic amines) is 1. The first-order valence-corrected chi connectivity index (χ1v) is 10.7. The molecule has 0 amide bonds. The fourth-order valence-electron chi connectivity index (χ4n) is 3.91. The van der Waals surface area contributed by atoms with Gasteiger partial charge in [-0.3, -0.25) is 0 Å². The quantitative estimate of drug-likeness (QED) is 0.512. The maximum atomic E-state index is 2.73. The third-order valence-electron chi connectivity index (χ3n) is 5.44. The van der Waals surface area contributed by atoms with E-state index < -0.39 is 0 Å². The second-order valence-corrected chi connectivity index (χ2v) is 8.22. The molecular weight excluding hydrogens is 304 g/mol. The molecule has 25 heavy (non-hydrogen) atoms. The lowest BCUT2D eigenvalue weighted by atomic mass is 10.1. The Morgan fingerprint density at radius 3 is 2.28 bits per heavy atom. The highest BCUT2D eigenvalue weighted by atomic mass is 15.1. The lowest BCUT2D eigenvalue weighted by Crippen LogP contribution is -2.34. The molecule has 1 fully saturated rings. The van der Waals surface area contributed by atoms with Crippen LogP contribution in [0.25, 0.3) is 0 Å². The van der Waals surface area contributed by atoms with Crippen molar-refractivity contribution in [2.24, 2.45) is 5.92 Å². The molecule has 0 radical (unpaired) electrons. The number of piperidine rings is 1. The molecule has 1 aromatic rings. The molecular formula is C23H40N2. The highest BCUT2D eigenvalue weighted by Crippen LogP contribution is 2.11. The Balaban J connectivity index is 1.67. The SMILES string of the molecule is CC(C)CCCN(CCCc1ccccc1)CCCN1CCCCC1. The summed E-state index contributed by atoms with van der Waals surface area (Å²) < 4.78 is 0. The molecule has 142 valence electrons. The van der Waals surface area contributed by atoms with Crippen molar-refractivity contribution < 1.29 is 0 Å². The van der Waals surface area contributed by atoms with E-state index >= 15 is 0 Å². The molecule has 0 bridgehead atoms. The number of nitrogens with zero attached hydrogens (tertiary/aromatic N) is 2. The lowest BCUT2D eigenvalue weighted by Gasteiger charge is -2.28. The zero-order valence-electron chi connectivity index (χ0n) is 16.8. The van der Waals surface area contributed by atoms with Crippen molar-refractivity contribution in [2.75, 3.05) is 39.3 Å². The molecule has 2 heteroatoms. The maximum Gasteiger partial charge on any atom is -0.000655 e. The molecule has 1 aromatic carbocycles. The smallest absolute Gasteiger partial charge is 0.000655 e. The summed E-state index contributed by atoms with van der Waals surface area (Å²) in [6, 6.07) is 11.0. The van der Waals surface area contributed by atoms with Crippen LogP contribution in [-0.4, -0.2) is 49.1 Å². The van der Waals surface area contributed by atoms with E-state index in [2.05, 4.69) is 54.0 Å². The van der Waals surface area contributed by atoms with Gasteiger partial charge in [0.05, 0.1) is 0 Å². The first kappa shape index (κ1) is 20.5. The first-order valence-electron chi connectivity index (χ1n) is 10.7. The van der Waals surface area contributed by atoms with Gasteiger partial charge in [-0.1, -0.05) is 50.6 Å². The number of rotatable bonds is 12. The Morgan fingerprint density at radius 2 is 1.56 bits per heavy atom. The van der Waals surface area contributed by atoms with E-state index in [4.69, 9.17) is 0 Å².